The molecular weight excluding hydrogens is 266 g/mol. The molecule has 0 aliphatic rings. The summed E-state index contributed by atoms with van der Waals surface area (Å²) in [5.41, 5.74) is 6.74. The molecule has 2 atom stereocenters. The number of nitrogens with two attached hydrogens (primary N) is 1. The number of carbonyl (C=O) groups is 2. The summed E-state index contributed by atoms with van der Waals surface area (Å²) in [6, 6.07) is 9.19. The Hall–Kier alpha value is -2.14. The van der Waals surface area contributed by atoms with Crippen LogP contribution in [0.4, 0.5) is 0 Å². The molecular formula is C16H23N3O2. The van der Waals surface area contributed by atoms with Crippen LogP contribution in [0.2, 0.25) is 0 Å². The molecule has 1 aromatic rings. The van der Waals surface area contributed by atoms with E-state index >= 15 is 0 Å². The zero-order valence-corrected chi connectivity index (χ0v) is 12.5. The number of hydrogen-bond donors (Lipinski definition) is 3. The Morgan fingerprint density at radius 2 is 1.95 bits per heavy atom. The van der Waals surface area contributed by atoms with Crippen molar-refractivity contribution in [2.24, 2.45) is 5.73 Å². The van der Waals surface area contributed by atoms with Gasteiger partial charge in [0.25, 0.3) is 0 Å². The first-order valence-electron chi connectivity index (χ1n) is 7.02. The summed E-state index contributed by atoms with van der Waals surface area (Å²) >= 11 is 0. The van der Waals surface area contributed by atoms with Crippen LogP contribution >= 0.6 is 0 Å². The first-order chi connectivity index (χ1) is 10.0. The Morgan fingerprint density at radius 3 is 2.52 bits per heavy atom. The molecule has 0 aliphatic heterocycles. The number of benzene rings is 1. The van der Waals surface area contributed by atoms with Gasteiger partial charge in [-0.3, -0.25) is 9.59 Å². The summed E-state index contributed by atoms with van der Waals surface area (Å²) in [5, 5.41) is 5.34. The fourth-order valence-corrected chi connectivity index (χ4v) is 1.78. The molecule has 4 N–H and O–H groups in total. The molecule has 0 radical (unpaired) electrons. The highest BCUT2D eigenvalue weighted by molar-refractivity contribution is 5.87. The highest BCUT2D eigenvalue weighted by atomic mass is 16.2. The zero-order chi connectivity index (χ0) is 15.7. The Balaban J connectivity index is 2.64. The molecule has 0 aliphatic carbocycles. The van der Waals surface area contributed by atoms with Gasteiger partial charge in [-0.2, -0.15) is 0 Å². The van der Waals surface area contributed by atoms with Crippen molar-refractivity contribution in [3.63, 3.8) is 0 Å². The van der Waals surface area contributed by atoms with Crippen LogP contribution < -0.4 is 16.4 Å². The third-order valence-corrected chi connectivity index (χ3v) is 3.05. The highest BCUT2D eigenvalue weighted by Gasteiger charge is 2.13. The second-order valence-electron chi connectivity index (χ2n) is 4.90. The van der Waals surface area contributed by atoms with Gasteiger partial charge in [0, 0.05) is 19.2 Å². The number of nitrogens with one attached hydrogen (secondary N) is 2. The number of rotatable bonds is 7. The van der Waals surface area contributed by atoms with Crippen molar-refractivity contribution < 1.29 is 9.59 Å². The molecule has 0 saturated carbocycles. The van der Waals surface area contributed by atoms with Crippen LogP contribution in [0.25, 0.3) is 0 Å². The lowest BCUT2D eigenvalue weighted by Gasteiger charge is -2.16. The lowest BCUT2D eigenvalue weighted by molar-refractivity contribution is -0.122. The van der Waals surface area contributed by atoms with Crippen molar-refractivity contribution in [1.82, 2.24) is 10.6 Å². The molecule has 1 rings (SSSR count). The molecule has 0 spiro atoms. The van der Waals surface area contributed by atoms with Gasteiger partial charge in [-0.25, -0.2) is 0 Å². The van der Waals surface area contributed by atoms with E-state index in [2.05, 4.69) is 10.6 Å². The fraction of sp³-hybridized carbons (Fsp3) is 0.375. The minimum atomic E-state index is -0.572. The molecule has 114 valence electrons. The Morgan fingerprint density at radius 1 is 1.29 bits per heavy atom. The van der Waals surface area contributed by atoms with Gasteiger partial charge in [-0.1, -0.05) is 36.4 Å². The molecule has 0 fully saturated rings. The summed E-state index contributed by atoms with van der Waals surface area (Å²) in [7, 11) is 1.56. The molecule has 5 nitrogen and oxygen atoms in total. The van der Waals surface area contributed by atoms with Crippen molar-refractivity contribution >= 4 is 11.8 Å². The Bertz CT molecular complexity index is 484. The van der Waals surface area contributed by atoms with Gasteiger partial charge in [0.15, 0.2) is 0 Å². The molecule has 0 unspecified atom stereocenters. The predicted molar refractivity (Wildman–Crippen MR) is 83.5 cm³/mol. The number of aryl methyl sites for hydroxylation is 1. The van der Waals surface area contributed by atoms with Gasteiger partial charge in [0.1, 0.15) is 0 Å². The van der Waals surface area contributed by atoms with Crippen molar-refractivity contribution in [1.29, 1.82) is 0 Å². The smallest absolute Gasteiger partial charge is 0.243 e. The summed E-state index contributed by atoms with van der Waals surface area (Å²) in [6.45, 7) is 1.63. The van der Waals surface area contributed by atoms with E-state index in [1.54, 1.807) is 20.0 Å². The maximum Gasteiger partial charge on any atom is 0.243 e. The highest BCUT2D eigenvalue weighted by Crippen LogP contribution is 2.06. The molecule has 0 heterocycles. The largest absolute Gasteiger partial charge is 0.356 e. The van der Waals surface area contributed by atoms with Gasteiger partial charge in [0.05, 0.1) is 6.04 Å². The third kappa shape index (κ3) is 6.72. The van der Waals surface area contributed by atoms with Crippen LogP contribution in [-0.4, -0.2) is 30.9 Å². The van der Waals surface area contributed by atoms with E-state index in [9.17, 15) is 9.59 Å². The molecule has 2 amide bonds. The monoisotopic (exact) mass is 289 g/mol. The Labute approximate surface area is 125 Å². The van der Waals surface area contributed by atoms with Gasteiger partial charge in [-0.05, 0) is 25.3 Å². The van der Waals surface area contributed by atoms with Crippen LogP contribution in [0.5, 0.6) is 0 Å². The molecule has 0 aromatic heterocycles. The van der Waals surface area contributed by atoms with E-state index in [0.717, 1.165) is 6.42 Å². The van der Waals surface area contributed by atoms with Gasteiger partial charge in [0.2, 0.25) is 11.8 Å². The molecule has 0 saturated heterocycles. The van der Waals surface area contributed by atoms with Crippen LogP contribution in [0.15, 0.2) is 42.5 Å². The SMILES string of the molecule is CNC(=O)/C=C/[C@H](CCc1ccccc1)NC(=O)[C@H](C)N. The van der Waals surface area contributed by atoms with E-state index in [1.165, 1.54) is 11.6 Å². The van der Waals surface area contributed by atoms with E-state index in [4.69, 9.17) is 5.73 Å². The lowest BCUT2D eigenvalue weighted by atomic mass is 10.0. The van der Waals surface area contributed by atoms with E-state index in [0.29, 0.717) is 6.42 Å². The quantitative estimate of drug-likeness (QED) is 0.648. The topological polar surface area (TPSA) is 84.2 Å². The average molecular weight is 289 g/mol. The van der Waals surface area contributed by atoms with Crippen molar-refractivity contribution in [3.05, 3.63) is 48.0 Å². The van der Waals surface area contributed by atoms with Gasteiger partial charge >= 0.3 is 0 Å². The number of carbonyl (C=O) groups excluding carboxylic acids is 2. The maximum atomic E-state index is 11.7. The first-order valence-corrected chi connectivity index (χ1v) is 7.02. The predicted octanol–water partition coefficient (Wildman–Crippen LogP) is 0.753. The van der Waals surface area contributed by atoms with Crippen molar-refractivity contribution in [2.75, 3.05) is 7.05 Å². The lowest BCUT2D eigenvalue weighted by Crippen LogP contribution is -2.43. The number of likely N-dealkylation sites (N-methyl/N-ethyl adjacent to an activating group) is 1. The van der Waals surface area contributed by atoms with Crippen LogP contribution in [0.3, 0.4) is 0 Å². The van der Waals surface area contributed by atoms with Crippen LogP contribution in [0, 0.1) is 0 Å². The van der Waals surface area contributed by atoms with Gasteiger partial charge < -0.3 is 16.4 Å². The van der Waals surface area contributed by atoms with E-state index in [-0.39, 0.29) is 17.9 Å². The summed E-state index contributed by atoms with van der Waals surface area (Å²) in [6.07, 6.45) is 4.64. The number of hydrogen-bond acceptors (Lipinski definition) is 3. The Kier molecular flexibility index (Phi) is 7.18. The van der Waals surface area contributed by atoms with Crippen molar-refractivity contribution in [3.8, 4) is 0 Å². The summed E-state index contributed by atoms with van der Waals surface area (Å²) in [4.78, 5) is 23.0. The molecule has 0 bridgehead atoms. The van der Waals surface area contributed by atoms with E-state index < -0.39 is 6.04 Å². The standard InChI is InChI=1S/C16H23N3O2/c1-12(17)16(21)19-14(10-11-15(20)18-2)9-8-13-6-4-3-5-7-13/h3-7,10-12,14H,8-9,17H2,1-2H3,(H,18,20)(H,19,21)/b11-10+/t12-,14-/m0/s1. The average Bonchev–Trinajstić information content (AvgIpc) is 2.50. The molecule has 21 heavy (non-hydrogen) atoms. The summed E-state index contributed by atoms with van der Waals surface area (Å²) < 4.78 is 0. The number of amides is 2. The van der Waals surface area contributed by atoms with E-state index in [1.807, 2.05) is 30.3 Å². The van der Waals surface area contributed by atoms with Crippen LogP contribution in [-0.2, 0) is 16.0 Å². The molecule has 5 heteroatoms. The second-order valence-corrected chi connectivity index (χ2v) is 4.90. The first kappa shape index (κ1) is 16.9. The minimum absolute atomic E-state index is 0.199. The van der Waals surface area contributed by atoms with Crippen LogP contribution in [0.1, 0.15) is 18.9 Å². The van der Waals surface area contributed by atoms with Gasteiger partial charge in [-0.15, -0.1) is 0 Å². The third-order valence-electron chi connectivity index (χ3n) is 3.05. The second kappa shape index (κ2) is 8.92. The molecule has 1 aromatic carbocycles. The normalized spacial score (nSPS) is 13.7. The maximum absolute atomic E-state index is 11.7. The summed E-state index contributed by atoms with van der Waals surface area (Å²) in [5.74, 6) is -0.427. The zero-order valence-electron chi connectivity index (χ0n) is 12.5. The van der Waals surface area contributed by atoms with Crippen molar-refractivity contribution in [2.45, 2.75) is 31.8 Å². The fourth-order valence-electron chi connectivity index (χ4n) is 1.78. The minimum Gasteiger partial charge on any atom is -0.356 e.